The lowest BCUT2D eigenvalue weighted by atomic mass is 10.1. The van der Waals surface area contributed by atoms with Crippen molar-refractivity contribution in [3.05, 3.63) is 45.4 Å². The third-order valence-electron chi connectivity index (χ3n) is 3.31. The fourth-order valence-electron chi connectivity index (χ4n) is 2.16. The Bertz CT molecular complexity index is 655. The maximum absolute atomic E-state index is 12.0. The van der Waals surface area contributed by atoms with Crippen LogP contribution in [0.25, 0.3) is 0 Å². The van der Waals surface area contributed by atoms with E-state index in [1.165, 1.54) is 0 Å². The van der Waals surface area contributed by atoms with Gasteiger partial charge in [0.15, 0.2) is 6.10 Å². The lowest BCUT2D eigenvalue weighted by molar-refractivity contribution is -0.129. The second kappa shape index (κ2) is 7.38. The Morgan fingerprint density at radius 1 is 1.45 bits per heavy atom. The Balaban J connectivity index is 1.90. The normalized spacial score (nSPS) is 12.0. The van der Waals surface area contributed by atoms with Crippen molar-refractivity contribution in [2.45, 2.75) is 26.4 Å². The number of aryl methyl sites for hydroxylation is 2. The number of nitrogens with zero attached hydrogens (tertiary/aromatic N) is 1. The van der Waals surface area contributed by atoms with Gasteiger partial charge in [-0.3, -0.25) is 4.79 Å². The van der Waals surface area contributed by atoms with Crippen LogP contribution in [0.5, 0.6) is 5.75 Å². The Morgan fingerprint density at radius 2 is 2.23 bits per heavy atom. The number of carbonyl (C=O) groups is 1. The summed E-state index contributed by atoms with van der Waals surface area (Å²) in [4.78, 5) is 17.5. The number of thiazole rings is 1. The quantitative estimate of drug-likeness (QED) is 0.855. The molecule has 0 bridgehead atoms. The molecule has 2 N–H and O–H groups in total. The molecule has 0 saturated heterocycles. The van der Waals surface area contributed by atoms with E-state index in [1.54, 1.807) is 42.7 Å². The van der Waals surface area contributed by atoms with Gasteiger partial charge in [-0.15, -0.1) is 11.3 Å². The molecular formula is C16H20N2O3S. The van der Waals surface area contributed by atoms with Crippen molar-refractivity contribution in [1.29, 1.82) is 0 Å². The summed E-state index contributed by atoms with van der Waals surface area (Å²) in [5.41, 5.74) is 1.52. The molecule has 1 atom stereocenters. The summed E-state index contributed by atoms with van der Waals surface area (Å²) in [6.45, 7) is 4.40. The number of rotatable bonds is 6. The molecule has 1 aromatic carbocycles. The number of nitrogens with one attached hydrogen (secondary N) is 1. The monoisotopic (exact) mass is 320 g/mol. The number of aromatic nitrogens is 1. The molecule has 0 radical (unpaired) electrons. The maximum Gasteiger partial charge on any atom is 0.253 e. The summed E-state index contributed by atoms with van der Waals surface area (Å²) >= 11 is 1.63. The number of aliphatic hydroxyl groups excluding tert-OH is 1. The molecule has 22 heavy (non-hydrogen) atoms. The van der Waals surface area contributed by atoms with Crippen LogP contribution in [0.15, 0.2) is 24.3 Å². The van der Waals surface area contributed by atoms with E-state index in [9.17, 15) is 9.90 Å². The number of methoxy groups -OCH3 is 1. The van der Waals surface area contributed by atoms with E-state index in [1.807, 2.05) is 13.8 Å². The van der Waals surface area contributed by atoms with Gasteiger partial charge in [-0.2, -0.15) is 0 Å². The Labute approximate surface area is 134 Å². The molecule has 1 aromatic heterocycles. The number of aliphatic hydroxyl groups is 1. The van der Waals surface area contributed by atoms with Crippen LogP contribution < -0.4 is 10.1 Å². The van der Waals surface area contributed by atoms with Gasteiger partial charge >= 0.3 is 0 Å². The van der Waals surface area contributed by atoms with Crippen LogP contribution in [0.4, 0.5) is 0 Å². The molecule has 1 unspecified atom stereocenters. The first kappa shape index (κ1) is 16.5. The highest BCUT2D eigenvalue weighted by atomic mass is 32.1. The zero-order valence-corrected chi connectivity index (χ0v) is 13.7. The maximum atomic E-state index is 12.0. The van der Waals surface area contributed by atoms with Crippen molar-refractivity contribution < 1.29 is 14.6 Å². The highest BCUT2D eigenvalue weighted by Crippen LogP contribution is 2.20. The average Bonchev–Trinajstić information content (AvgIpc) is 2.84. The minimum Gasteiger partial charge on any atom is -0.497 e. The number of amides is 1. The molecule has 0 aliphatic heterocycles. The van der Waals surface area contributed by atoms with Gasteiger partial charge in [0.1, 0.15) is 5.75 Å². The highest BCUT2D eigenvalue weighted by molar-refractivity contribution is 7.11. The number of ether oxygens (including phenoxy) is 1. The average molecular weight is 320 g/mol. The second-order valence-corrected chi connectivity index (χ2v) is 6.25. The van der Waals surface area contributed by atoms with Crippen LogP contribution in [0.3, 0.4) is 0 Å². The standard InChI is InChI=1S/C16H20N2O3S/c1-10-14(22-11(2)18-10)7-8-17-16(20)15(19)12-5-4-6-13(9-12)21-3/h4-6,9,15,19H,7-8H2,1-3H3,(H,17,20). The van der Waals surface area contributed by atoms with E-state index in [-0.39, 0.29) is 0 Å². The number of hydrogen-bond donors (Lipinski definition) is 2. The van der Waals surface area contributed by atoms with E-state index in [0.717, 1.165) is 15.6 Å². The Hall–Kier alpha value is -1.92. The van der Waals surface area contributed by atoms with Crippen LogP contribution in [0, 0.1) is 13.8 Å². The van der Waals surface area contributed by atoms with E-state index in [4.69, 9.17) is 4.74 Å². The predicted molar refractivity (Wildman–Crippen MR) is 86.3 cm³/mol. The molecule has 6 heteroatoms. The van der Waals surface area contributed by atoms with Gasteiger partial charge in [-0.05, 0) is 31.5 Å². The fraction of sp³-hybridized carbons (Fsp3) is 0.375. The lowest BCUT2D eigenvalue weighted by Crippen LogP contribution is -2.30. The second-order valence-electron chi connectivity index (χ2n) is 4.96. The summed E-state index contributed by atoms with van der Waals surface area (Å²) in [5.74, 6) is 0.201. The van der Waals surface area contributed by atoms with Crippen molar-refractivity contribution in [2.24, 2.45) is 0 Å². The predicted octanol–water partition coefficient (Wildman–Crippen LogP) is 2.16. The summed E-state index contributed by atoms with van der Waals surface area (Å²) < 4.78 is 5.09. The summed E-state index contributed by atoms with van der Waals surface area (Å²) in [5, 5.41) is 13.9. The van der Waals surface area contributed by atoms with Crippen molar-refractivity contribution in [3.63, 3.8) is 0 Å². The topological polar surface area (TPSA) is 71.5 Å². The van der Waals surface area contributed by atoms with Crippen molar-refractivity contribution in [3.8, 4) is 5.75 Å². The first-order valence-electron chi connectivity index (χ1n) is 7.04. The molecule has 0 spiro atoms. The van der Waals surface area contributed by atoms with E-state index < -0.39 is 12.0 Å². The van der Waals surface area contributed by atoms with E-state index in [0.29, 0.717) is 24.3 Å². The van der Waals surface area contributed by atoms with Gasteiger partial charge in [0, 0.05) is 17.8 Å². The Morgan fingerprint density at radius 3 is 2.86 bits per heavy atom. The molecule has 118 valence electrons. The molecular weight excluding hydrogens is 300 g/mol. The highest BCUT2D eigenvalue weighted by Gasteiger charge is 2.17. The zero-order chi connectivity index (χ0) is 16.1. The number of hydrogen-bond acceptors (Lipinski definition) is 5. The Kier molecular flexibility index (Phi) is 5.51. The van der Waals surface area contributed by atoms with Crippen LogP contribution in [0.2, 0.25) is 0 Å². The minimum atomic E-state index is -1.20. The smallest absolute Gasteiger partial charge is 0.253 e. The summed E-state index contributed by atoms with van der Waals surface area (Å²) in [6.07, 6.45) is -0.479. The first-order valence-corrected chi connectivity index (χ1v) is 7.85. The molecule has 0 aliphatic rings. The molecule has 0 fully saturated rings. The number of benzene rings is 1. The van der Waals surface area contributed by atoms with Crippen molar-refractivity contribution in [2.75, 3.05) is 13.7 Å². The van der Waals surface area contributed by atoms with Crippen molar-refractivity contribution in [1.82, 2.24) is 10.3 Å². The third kappa shape index (κ3) is 4.05. The SMILES string of the molecule is COc1cccc(C(O)C(=O)NCCc2sc(C)nc2C)c1. The largest absolute Gasteiger partial charge is 0.497 e. The molecule has 0 saturated carbocycles. The van der Waals surface area contributed by atoms with Crippen LogP contribution in [-0.4, -0.2) is 29.7 Å². The molecule has 0 aliphatic carbocycles. The van der Waals surface area contributed by atoms with Gasteiger partial charge in [-0.25, -0.2) is 4.98 Å². The lowest BCUT2D eigenvalue weighted by Gasteiger charge is -2.12. The summed E-state index contributed by atoms with van der Waals surface area (Å²) in [6, 6.07) is 6.86. The van der Waals surface area contributed by atoms with Gasteiger partial charge in [0.2, 0.25) is 0 Å². The summed E-state index contributed by atoms with van der Waals surface area (Å²) in [7, 11) is 1.55. The van der Waals surface area contributed by atoms with Crippen molar-refractivity contribution >= 4 is 17.2 Å². The molecule has 5 nitrogen and oxygen atoms in total. The molecule has 2 rings (SSSR count). The van der Waals surface area contributed by atoms with E-state index in [2.05, 4.69) is 10.3 Å². The number of carbonyl (C=O) groups excluding carboxylic acids is 1. The van der Waals surface area contributed by atoms with Gasteiger partial charge in [0.25, 0.3) is 5.91 Å². The van der Waals surface area contributed by atoms with E-state index >= 15 is 0 Å². The van der Waals surface area contributed by atoms with Crippen LogP contribution in [-0.2, 0) is 11.2 Å². The van der Waals surface area contributed by atoms with Gasteiger partial charge in [-0.1, -0.05) is 12.1 Å². The first-order chi connectivity index (χ1) is 10.5. The third-order valence-corrected chi connectivity index (χ3v) is 4.44. The minimum absolute atomic E-state index is 0.410. The fourth-order valence-corrected chi connectivity index (χ4v) is 3.10. The molecule has 1 heterocycles. The van der Waals surface area contributed by atoms with Crippen LogP contribution >= 0.6 is 11.3 Å². The zero-order valence-electron chi connectivity index (χ0n) is 12.9. The van der Waals surface area contributed by atoms with Crippen LogP contribution in [0.1, 0.15) is 27.2 Å². The molecule has 2 aromatic rings. The van der Waals surface area contributed by atoms with Gasteiger partial charge in [0.05, 0.1) is 17.8 Å². The van der Waals surface area contributed by atoms with Gasteiger partial charge < -0.3 is 15.2 Å². The molecule has 1 amide bonds.